The van der Waals surface area contributed by atoms with Gasteiger partial charge >= 0.3 is 5.97 Å². The molecule has 0 radical (unpaired) electrons. The maximum atomic E-state index is 10.7. The summed E-state index contributed by atoms with van der Waals surface area (Å²) in [6, 6.07) is 3.58. The zero-order chi connectivity index (χ0) is 11.4. The molecule has 0 saturated carbocycles. The average Bonchev–Trinajstić information content (AvgIpc) is 2.30. The van der Waals surface area contributed by atoms with Gasteiger partial charge in [0.1, 0.15) is 5.82 Å². The minimum Gasteiger partial charge on any atom is -0.481 e. The fourth-order valence-electron chi connectivity index (χ4n) is 1.79. The number of carbonyl (C=O) groups is 1. The Balaban J connectivity index is 2.20. The Bertz CT molecular complexity index is 375. The summed E-state index contributed by atoms with van der Waals surface area (Å²) in [5, 5.41) is 8.82. The minimum atomic E-state index is -0.831. The summed E-state index contributed by atoms with van der Waals surface area (Å²) >= 11 is 0. The van der Waals surface area contributed by atoms with Crippen LogP contribution in [0.15, 0.2) is 18.3 Å². The molecule has 0 amide bonds. The summed E-state index contributed by atoms with van der Waals surface area (Å²) in [5.41, 5.74) is 0.761. The predicted octanol–water partition coefficient (Wildman–Crippen LogP) is 0.545. The van der Waals surface area contributed by atoms with E-state index in [1.165, 1.54) is 0 Å². The fourth-order valence-corrected chi connectivity index (χ4v) is 1.79. The minimum absolute atomic E-state index is 0.0144. The highest BCUT2D eigenvalue weighted by atomic mass is 16.5. The van der Waals surface area contributed by atoms with Crippen LogP contribution in [0.5, 0.6) is 0 Å². The lowest BCUT2D eigenvalue weighted by Crippen LogP contribution is -2.37. The highest BCUT2D eigenvalue weighted by Crippen LogP contribution is 2.18. The van der Waals surface area contributed by atoms with Gasteiger partial charge in [0, 0.05) is 24.8 Å². The van der Waals surface area contributed by atoms with Gasteiger partial charge in [0.2, 0.25) is 0 Å². The van der Waals surface area contributed by atoms with Crippen molar-refractivity contribution >= 4 is 11.8 Å². The molecule has 0 bridgehead atoms. The second-order valence-corrected chi connectivity index (χ2v) is 3.66. The molecule has 16 heavy (non-hydrogen) atoms. The number of nitrogens with zero attached hydrogens (tertiary/aromatic N) is 2. The van der Waals surface area contributed by atoms with Crippen molar-refractivity contribution in [2.75, 3.05) is 31.2 Å². The number of pyridine rings is 1. The molecule has 0 aromatic carbocycles. The van der Waals surface area contributed by atoms with E-state index in [0.717, 1.165) is 24.5 Å². The molecule has 86 valence electrons. The number of ether oxygens (including phenoxy) is 1. The molecule has 1 aliphatic heterocycles. The Morgan fingerprint density at radius 1 is 1.50 bits per heavy atom. The van der Waals surface area contributed by atoms with Crippen LogP contribution in [0, 0.1) is 0 Å². The topological polar surface area (TPSA) is 62.7 Å². The van der Waals surface area contributed by atoms with Crippen LogP contribution in [0.1, 0.15) is 5.56 Å². The van der Waals surface area contributed by atoms with E-state index >= 15 is 0 Å². The van der Waals surface area contributed by atoms with Crippen LogP contribution in [0.4, 0.5) is 5.82 Å². The normalized spacial score (nSPS) is 16.1. The van der Waals surface area contributed by atoms with Gasteiger partial charge in [0.05, 0.1) is 19.6 Å². The number of aliphatic carboxylic acids is 1. The lowest BCUT2D eigenvalue weighted by Gasteiger charge is -2.29. The van der Waals surface area contributed by atoms with Gasteiger partial charge in [-0.15, -0.1) is 0 Å². The smallest absolute Gasteiger partial charge is 0.307 e. The van der Waals surface area contributed by atoms with Crippen LogP contribution in [0.25, 0.3) is 0 Å². The van der Waals surface area contributed by atoms with Crippen LogP contribution in [-0.2, 0) is 16.0 Å². The summed E-state index contributed by atoms with van der Waals surface area (Å²) in [7, 11) is 0. The molecular formula is C11H14N2O3. The van der Waals surface area contributed by atoms with Crippen molar-refractivity contribution in [3.63, 3.8) is 0 Å². The standard InChI is InChI=1S/C11H14N2O3/c14-10(15)8-9-2-1-3-12-11(9)13-4-6-16-7-5-13/h1-3H,4-8H2,(H,14,15). The Hall–Kier alpha value is -1.62. The lowest BCUT2D eigenvalue weighted by molar-refractivity contribution is -0.136. The molecule has 0 atom stereocenters. The van der Waals surface area contributed by atoms with Gasteiger partial charge in [-0.1, -0.05) is 6.07 Å². The van der Waals surface area contributed by atoms with Crippen LogP contribution >= 0.6 is 0 Å². The van der Waals surface area contributed by atoms with Crippen LogP contribution in [0.2, 0.25) is 0 Å². The number of hydrogen-bond acceptors (Lipinski definition) is 4. The molecule has 1 N–H and O–H groups in total. The van der Waals surface area contributed by atoms with Gasteiger partial charge in [-0.05, 0) is 6.07 Å². The molecule has 0 unspecified atom stereocenters. The van der Waals surface area contributed by atoms with Crippen molar-refractivity contribution in [2.24, 2.45) is 0 Å². The van der Waals surface area contributed by atoms with Gasteiger partial charge in [0.25, 0.3) is 0 Å². The molecule has 2 heterocycles. The molecule has 1 aliphatic rings. The van der Waals surface area contributed by atoms with Gasteiger partial charge in [-0.3, -0.25) is 4.79 Å². The Morgan fingerprint density at radius 2 is 2.25 bits per heavy atom. The number of rotatable bonds is 3. The zero-order valence-corrected chi connectivity index (χ0v) is 8.93. The van der Waals surface area contributed by atoms with E-state index in [4.69, 9.17) is 9.84 Å². The number of morpholine rings is 1. The van der Waals surface area contributed by atoms with Crippen molar-refractivity contribution in [3.05, 3.63) is 23.9 Å². The SMILES string of the molecule is O=C(O)Cc1cccnc1N1CCOCC1. The largest absolute Gasteiger partial charge is 0.481 e. The Morgan fingerprint density at radius 3 is 2.94 bits per heavy atom. The van der Waals surface area contributed by atoms with Crippen molar-refractivity contribution < 1.29 is 14.6 Å². The summed E-state index contributed by atoms with van der Waals surface area (Å²) in [6.45, 7) is 2.87. The first-order chi connectivity index (χ1) is 7.77. The third-order valence-corrected chi connectivity index (χ3v) is 2.52. The van der Waals surface area contributed by atoms with Crippen molar-refractivity contribution in [3.8, 4) is 0 Å². The molecule has 0 aliphatic carbocycles. The number of hydrogen-bond donors (Lipinski definition) is 1. The Kier molecular flexibility index (Phi) is 3.36. The number of carboxylic acid groups (broad SMARTS) is 1. The highest BCUT2D eigenvalue weighted by molar-refractivity contribution is 5.72. The van der Waals surface area contributed by atoms with Crippen molar-refractivity contribution in [2.45, 2.75) is 6.42 Å². The van der Waals surface area contributed by atoms with Gasteiger partial charge < -0.3 is 14.7 Å². The summed E-state index contributed by atoms with van der Waals surface area (Å²) < 4.78 is 5.26. The second-order valence-electron chi connectivity index (χ2n) is 3.66. The molecule has 1 fully saturated rings. The second kappa shape index (κ2) is 4.94. The molecule has 1 saturated heterocycles. The van der Waals surface area contributed by atoms with E-state index in [1.807, 2.05) is 6.07 Å². The van der Waals surface area contributed by atoms with Gasteiger partial charge in [-0.2, -0.15) is 0 Å². The number of carboxylic acids is 1. The number of anilines is 1. The Labute approximate surface area is 93.7 Å². The van der Waals surface area contributed by atoms with E-state index in [9.17, 15) is 4.79 Å². The lowest BCUT2D eigenvalue weighted by atomic mass is 10.1. The quantitative estimate of drug-likeness (QED) is 0.809. The maximum absolute atomic E-state index is 10.7. The first-order valence-corrected chi connectivity index (χ1v) is 5.26. The summed E-state index contributed by atoms with van der Waals surface area (Å²) in [5.74, 6) is -0.0595. The predicted molar refractivity (Wildman–Crippen MR) is 58.6 cm³/mol. The van der Waals surface area contributed by atoms with Crippen LogP contribution < -0.4 is 4.90 Å². The summed E-state index contributed by atoms with van der Waals surface area (Å²) in [4.78, 5) is 17.1. The van der Waals surface area contributed by atoms with E-state index in [0.29, 0.717) is 13.2 Å². The van der Waals surface area contributed by atoms with E-state index in [2.05, 4.69) is 9.88 Å². The van der Waals surface area contributed by atoms with Gasteiger partial charge in [0.15, 0.2) is 0 Å². The summed E-state index contributed by atoms with van der Waals surface area (Å²) in [6.07, 6.45) is 1.71. The fraction of sp³-hybridized carbons (Fsp3) is 0.455. The molecule has 2 rings (SSSR count). The van der Waals surface area contributed by atoms with E-state index in [1.54, 1.807) is 12.3 Å². The molecule has 1 aromatic heterocycles. The molecular weight excluding hydrogens is 208 g/mol. The highest BCUT2D eigenvalue weighted by Gasteiger charge is 2.16. The first kappa shape index (κ1) is 10.9. The van der Waals surface area contributed by atoms with E-state index < -0.39 is 5.97 Å². The third kappa shape index (κ3) is 2.49. The molecule has 5 heteroatoms. The maximum Gasteiger partial charge on any atom is 0.307 e. The van der Waals surface area contributed by atoms with Gasteiger partial charge in [-0.25, -0.2) is 4.98 Å². The van der Waals surface area contributed by atoms with Crippen LogP contribution in [-0.4, -0.2) is 42.4 Å². The zero-order valence-electron chi connectivity index (χ0n) is 8.93. The van der Waals surface area contributed by atoms with Crippen molar-refractivity contribution in [1.82, 2.24) is 4.98 Å². The average molecular weight is 222 g/mol. The van der Waals surface area contributed by atoms with Crippen LogP contribution in [0.3, 0.4) is 0 Å². The molecule has 1 aromatic rings. The van der Waals surface area contributed by atoms with E-state index in [-0.39, 0.29) is 6.42 Å². The molecule has 0 spiro atoms. The number of aromatic nitrogens is 1. The first-order valence-electron chi connectivity index (χ1n) is 5.26. The molecule has 5 nitrogen and oxygen atoms in total. The monoisotopic (exact) mass is 222 g/mol. The third-order valence-electron chi connectivity index (χ3n) is 2.52. The van der Waals surface area contributed by atoms with Crippen molar-refractivity contribution in [1.29, 1.82) is 0 Å².